The van der Waals surface area contributed by atoms with Gasteiger partial charge in [-0.05, 0) is 49.9 Å². The fraction of sp³-hybridized carbons (Fsp3) is 0.476. The van der Waals surface area contributed by atoms with Crippen LogP contribution in [0, 0.1) is 13.8 Å². The lowest BCUT2D eigenvalue weighted by Crippen LogP contribution is -2.37. The summed E-state index contributed by atoms with van der Waals surface area (Å²) in [6.07, 6.45) is 1.65. The van der Waals surface area contributed by atoms with Crippen molar-refractivity contribution in [2.75, 3.05) is 47.4 Å². The van der Waals surface area contributed by atoms with Crippen LogP contribution in [0.4, 0.5) is 17.3 Å². The van der Waals surface area contributed by atoms with E-state index in [9.17, 15) is 13.2 Å². The van der Waals surface area contributed by atoms with E-state index in [1.54, 1.807) is 30.9 Å². The van der Waals surface area contributed by atoms with Gasteiger partial charge in [-0.25, -0.2) is 18.4 Å². The summed E-state index contributed by atoms with van der Waals surface area (Å²) in [7, 11) is -3.82. The molecule has 0 saturated carbocycles. The van der Waals surface area contributed by atoms with E-state index in [0.717, 1.165) is 16.8 Å². The molecule has 0 aliphatic carbocycles. The largest absolute Gasteiger partial charge is 0.378 e. The van der Waals surface area contributed by atoms with Crippen LogP contribution < -0.4 is 14.5 Å². The van der Waals surface area contributed by atoms with Gasteiger partial charge >= 0.3 is 0 Å². The van der Waals surface area contributed by atoms with Crippen molar-refractivity contribution in [3.05, 3.63) is 34.6 Å². The van der Waals surface area contributed by atoms with E-state index in [0.29, 0.717) is 75.1 Å². The number of hydrogen-bond acceptors (Lipinski definition) is 7. The van der Waals surface area contributed by atoms with Crippen molar-refractivity contribution in [2.45, 2.75) is 38.0 Å². The molecule has 1 aromatic heterocycles. The summed E-state index contributed by atoms with van der Waals surface area (Å²) in [6, 6.07) is 3.38. The van der Waals surface area contributed by atoms with Crippen LogP contribution in [-0.2, 0) is 32.4 Å². The van der Waals surface area contributed by atoms with Gasteiger partial charge in [-0.3, -0.25) is 9.52 Å². The summed E-state index contributed by atoms with van der Waals surface area (Å²) in [5.74, 6) is 0.705. The van der Waals surface area contributed by atoms with Crippen LogP contribution in [0.3, 0.4) is 0 Å². The van der Waals surface area contributed by atoms with Crippen LogP contribution in [0.15, 0.2) is 17.0 Å². The van der Waals surface area contributed by atoms with Gasteiger partial charge in [-0.1, -0.05) is 0 Å². The first kappa shape index (κ1) is 20.2. The molecule has 2 aromatic rings. The number of carbonyl (C=O) groups is 1. The molecule has 1 amide bonds. The SMILES string of the molecule is Cc1nc(N2CCOCC2)nc(C)c1NS(=O)(=O)c1cc2c3c(c1)CCN3C(=O)CC2. The molecular formula is C21H25N5O4S. The predicted octanol–water partition coefficient (Wildman–Crippen LogP) is 1.57. The third kappa shape index (κ3) is 3.53. The van der Waals surface area contributed by atoms with Crippen molar-refractivity contribution in [2.24, 2.45) is 0 Å². The summed E-state index contributed by atoms with van der Waals surface area (Å²) in [5, 5.41) is 0. The second kappa shape index (κ2) is 7.45. The van der Waals surface area contributed by atoms with Gasteiger partial charge in [0.15, 0.2) is 0 Å². The number of morpholine rings is 1. The molecule has 3 aliphatic heterocycles. The summed E-state index contributed by atoms with van der Waals surface area (Å²) in [6.45, 7) is 6.85. The van der Waals surface area contributed by atoms with Gasteiger partial charge in [-0.15, -0.1) is 0 Å². The van der Waals surface area contributed by atoms with Crippen LogP contribution in [0.1, 0.15) is 28.9 Å². The molecule has 1 fully saturated rings. The van der Waals surface area contributed by atoms with Crippen molar-refractivity contribution in [1.82, 2.24) is 9.97 Å². The van der Waals surface area contributed by atoms with Crippen LogP contribution in [-0.4, -0.2) is 57.1 Å². The second-order valence-electron chi connectivity index (χ2n) is 8.16. The average Bonchev–Trinajstić information content (AvgIpc) is 3.19. The zero-order valence-corrected chi connectivity index (χ0v) is 18.5. The maximum Gasteiger partial charge on any atom is 0.262 e. The molecule has 9 nitrogen and oxygen atoms in total. The molecule has 1 aromatic carbocycles. The highest BCUT2D eigenvalue weighted by atomic mass is 32.2. The summed E-state index contributed by atoms with van der Waals surface area (Å²) in [5.41, 5.74) is 4.30. The fourth-order valence-electron chi connectivity index (χ4n) is 4.53. The second-order valence-corrected chi connectivity index (χ2v) is 9.84. The van der Waals surface area contributed by atoms with Gasteiger partial charge in [-0.2, -0.15) is 0 Å². The number of benzene rings is 1. The van der Waals surface area contributed by atoms with Crippen LogP contribution in [0.2, 0.25) is 0 Å². The lowest BCUT2D eigenvalue weighted by molar-refractivity contribution is -0.118. The molecule has 5 rings (SSSR count). The Labute approximate surface area is 181 Å². The fourth-order valence-corrected chi connectivity index (χ4v) is 5.80. The normalized spacial score (nSPS) is 18.3. The van der Waals surface area contributed by atoms with Crippen LogP contribution in [0.5, 0.6) is 0 Å². The lowest BCUT2D eigenvalue weighted by atomic mass is 10.00. The van der Waals surface area contributed by atoms with Crippen LogP contribution in [0.25, 0.3) is 0 Å². The van der Waals surface area contributed by atoms with Gasteiger partial charge in [0, 0.05) is 26.1 Å². The topological polar surface area (TPSA) is 105 Å². The average molecular weight is 444 g/mol. The molecule has 164 valence electrons. The monoisotopic (exact) mass is 443 g/mol. The molecule has 0 unspecified atom stereocenters. The minimum Gasteiger partial charge on any atom is -0.378 e. The number of anilines is 3. The number of sulfonamides is 1. The molecule has 0 atom stereocenters. The minimum absolute atomic E-state index is 0.115. The van der Waals surface area contributed by atoms with E-state index in [1.165, 1.54) is 0 Å². The first-order chi connectivity index (χ1) is 14.8. The summed E-state index contributed by atoms with van der Waals surface area (Å²) in [4.78, 5) is 25.3. The third-order valence-corrected chi connectivity index (χ3v) is 7.45. The highest BCUT2D eigenvalue weighted by molar-refractivity contribution is 7.92. The molecule has 4 heterocycles. The molecule has 0 spiro atoms. The number of aromatic nitrogens is 2. The number of amides is 1. The van der Waals surface area contributed by atoms with E-state index in [1.807, 2.05) is 4.90 Å². The van der Waals surface area contributed by atoms with Crippen LogP contribution >= 0.6 is 0 Å². The highest BCUT2D eigenvalue weighted by Crippen LogP contribution is 2.38. The number of carbonyl (C=O) groups excluding carboxylic acids is 1. The zero-order chi connectivity index (χ0) is 21.8. The van der Waals surface area contributed by atoms with Crippen molar-refractivity contribution in [1.29, 1.82) is 0 Å². The Hall–Kier alpha value is -2.72. The molecule has 31 heavy (non-hydrogen) atoms. The number of aryl methyl sites for hydroxylation is 3. The Morgan fingerprint density at radius 2 is 1.61 bits per heavy atom. The number of nitrogens with one attached hydrogen (secondary N) is 1. The molecule has 3 aliphatic rings. The Morgan fingerprint density at radius 1 is 0.968 bits per heavy atom. The van der Waals surface area contributed by atoms with Gasteiger partial charge < -0.3 is 14.5 Å². The number of rotatable bonds is 4. The molecule has 10 heteroatoms. The number of hydrogen-bond donors (Lipinski definition) is 1. The zero-order valence-electron chi connectivity index (χ0n) is 17.6. The third-order valence-electron chi connectivity index (χ3n) is 6.12. The molecular weight excluding hydrogens is 418 g/mol. The van der Waals surface area contributed by atoms with Gasteiger partial charge in [0.2, 0.25) is 11.9 Å². The smallest absolute Gasteiger partial charge is 0.262 e. The van der Waals surface area contributed by atoms with E-state index in [-0.39, 0.29) is 10.8 Å². The lowest BCUT2D eigenvalue weighted by Gasteiger charge is -2.27. The first-order valence-electron chi connectivity index (χ1n) is 10.5. The Morgan fingerprint density at radius 3 is 2.29 bits per heavy atom. The van der Waals surface area contributed by atoms with Gasteiger partial charge in [0.25, 0.3) is 10.0 Å². The minimum atomic E-state index is -3.82. The molecule has 1 saturated heterocycles. The number of ether oxygens (including phenoxy) is 1. The maximum atomic E-state index is 13.3. The Balaban J connectivity index is 1.46. The standard InChI is InChI=1S/C21H25N5O4S/c1-13-19(14(2)23-21(22-13)25-7-9-30-10-8-25)24-31(28,29)17-11-15-3-4-18(27)26-6-5-16(12-17)20(15)26/h11-12,24H,3-10H2,1-2H3. The quantitative estimate of drug-likeness (QED) is 0.765. The number of nitrogens with zero attached hydrogens (tertiary/aromatic N) is 4. The Kier molecular flexibility index (Phi) is 4.86. The molecule has 0 bridgehead atoms. The van der Waals surface area contributed by atoms with Crippen molar-refractivity contribution >= 4 is 33.3 Å². The van der Waals surface area contributed by atoms with Gasteiger partial charge in [0.05, 0.1) is 40.9 Å². The van der Waals surface area contributed by atoms with E-state index < -0.39 is 10.0 Å². The highest BCUT2D eigenvalue weighted by Gasteiger charge is 2.33. The van der Waals surface area contributed by atoms with Crippen molar-refractivity contribution in [3.63, 3.8) is 0 Å². The first-order valence-corrected chi connectivity index (χ1v) is 12.0. The van der Waals surface area contributed by atoms with E-state index >= 15 is 0 Å². The predicted molar refractivity (Wildman–Crippen MR) is 116 cm³/mol. The van der Waals surface area contributed by atoms with Crippen molar-refractivity contribution < 1.29 is 17.9 Å². The summed E-state index contributed by atoms with van der Waals surface area (Å²) < 4.78 is 34.6. The van der Waals surface area contributed by atoms with E-state index in [4.69, 9.17) is 4.74 Å². The van der Waals surface area contributed by atoms with E-state index in [2.05, 4.69) is 14.7 Å². The van der Waals surface area contributed by atoms with Crippen molar-refractivity contribution in [3.8, 4) is 0 Å². The molecule has 0 radical (unpaired) electrons. The summed E-state index contributed by atoms with van der Waals surface area (Å²) >= 11 is 0. The maximum absolute atomic E-state index is 13.3. The Bertz CT molecular complexity index is 1150. The molecule has 1 N–H and O–H groups in total. The van der Waals surface area contributed by atoms with Gasteiger partial charge in [0.1, 0.15) is 0 Å².